The molecule has 0 aromatic heterocycles. The van der Waals surface area contributed by atoms with Crippen molar-refractivity contribution in [1.82, 2.24) is 0 Å². The van der Waals surface area contributed by atoms with Crippen LogP contribution in [-0.2, 0) is 6.42 Å². The van der Waals surface area contributed by atoms with Crippen molar-refractivity contribution in [2.45, 2.75) is 20.3 Å². The average molecular weight is 172 g/mol. The van der Waals surface area contributed by atoms with Gasteiger partial charge in [-0.1, -0.05) is 54.1 Å². The molecule has 0 amide bonds. The summed E-state index contributed by atoms with van der Waals surface area (Å²) in [5, 5.41) is 0. The number of hydrogen-bond donors (Lipinski definition) is 0. The third-order valence-electron chi connectivity index (χ3n) is 1.77. The van der Waals surface area contributed by atoms with Gasteiger partial charge in [0.15, 0.2) is 0 Å². The van der Waals surface area contributed by atoms with Crippen LogP contribution in [0.3, 0.4) is 0 Å². The molecule has 1 rings (SSSR count). The Hall–Kier alpha value is -1.30. The van der Waals surface area contributed by atoms with Crippen LogP contribution in [0.15, 0.2) is 54.1 Å². The van der Waals surface area contributed by atoms with Gasteiger partial charge in [0.1, 0.15) is 0 Å². The minimum atomic E-state index is 0.950. The molecule has 0 aliphatic carbocycles. The molecule has 0 saturated carbocycles. The van der Waals surface area contributed by atoms with Crippen molar-refractivity contribution in [2.24, 2.45) is 0 Å². The minimum Gasteiger partial charge on any atom is -0.0955 e. The van der Waals surface area contributed by atoms with Crippen molar-refractivity contribution in [3.63, 3.8) is 0 Å². The first-order chi connectivity index (χ1) is 6.18. The Kier molecular flexibility index (Phi) is 3.51. The van der Waals surface area contributed by atoms with E-state index in [4.69, 9.17) is 0 Å². The highest BCUT2D eigenvalue weighted by atomic mass is 14.0. The Morgan fingerprint density at radius 1 is 1.23 bits per heavy atom. The van der Waals surface area contributed by atoms with E-state index in [2.05, 4.69) is 50.8 Å². The maximum Gasteiger partial charge on any atom is -0.00317 e. The fraction of sp³-hybridized carbons (Fsp3) is 0.231. The summed E-state index contributed by atoms with van der Waals surface area (Å²) < 4.78 is 0. The summed E-state index contributed by atoms with van der Waals surface area (Å²) in [5.74, 6) is 0. The third kappa shape index (κ3) is 3.75. The number of allylic oxidation sites excluding steroid dienone is 3. The molecule has 0 nitrogen and oxygen atoms in total. The van der Waals surface area contributed by atoms with Gasteiger partial charge in [-0.15, -0.1) is 0 Å². The second-order valence-corrected chi connectivity index (χ2v) is 3.54. The molecule has 0 aliphatic rings. The van der Waals surface area contributed by atoms with E-state index in [9.17, 15) is 0 Å². The van der Waals surface area contributed by atoms with E-state index in [0.717, 1.165) is 6.42 Å². The molecular formula is C13H16. The Morgan fingerprint density at radius 3 is 2.38 bits per heavy atom. The molecule has 0 heterocycles. The quantitative estimate of drug-likeness (QED) is 0.609. The molecule has 68 valence electrons. The summed E-state index contributed by atoms with van der Waals surface area (Å²) in [7, 11) is 0. The van der Waals surface area contributed by atoms with Crippen molar-refractivity contribution < 1.29 is 0 Å². The van der Waals surface area contributed by atoms with E-state index in [0.29, 0.717) is 0 Å². The van der Waals surface area contributed by atoms with Crippen molar-refractivity contribution in [3.05, 3.63) is 59.7 Å². The van der Waals surface area contributed by atoms with Crippen molar-refractivity contribution in [1.29, 1.82) is 0 Å². The summed E-state index contributed by atoms with van der Waals surface area (Å²) in [6.45, 7) is 8.20. The zero-order chi connectivity index (χ0) is 9.68. The summed E-state index contributed by atoms with van der Waals surface area (Å²) >= 11 is 0. The third-order valence-corrected chi connectivity index (χ3v) is 1.77. The first-order valence-electron chi connectivity index (χ1n) is 4.55. The summed E-state index contributed by atoms with van der Waals surface area (Å²) in [6.07, 6.45) is 3.08. The van der Waals surface area contributed by atoms with E-state index in [1.54, 1.807) is 0 Å². The SMILES string of the molecule is C=C(C=C(C)C)Cc1ccccc1. The second-order valence-electron chi connectivity index (χ2n) is 3.54. The van der Waals surface area contributed by atoms with Crippen LogP contribution in [0.5, 0.6) is 0 Å². The maximum absolute atomic E-state index is 4.01. The van der Waals surface area contributed by atoms with Gasteiger partial charge in [-0.2, -0.15) is 0 Å². The lowest BCUT2D eigenvalue weighted by Crippen LogP contribution is -1.85. The fourth-order valence-electron chi connectivity index (χ4n) is 1.32. The van der Waals surface area contributed by atoms with Crippen LogP contribution in [0.4, 0.5) is 0 Å². The summed E-state index contributed by atoms with van der Waals surface area (Å²) in [6, 6.07) is 10.4. The van der Waals surface area contributed by atoms with Crippen LogP contribution in [0.25, 0.3) is 0 Å². The van der Waals surface area contributed by atoms with Gasteiger partial charge in [0, 0.05) is 0 Å². The van der Waals surface area contributed by atoms with Crippen LogP contribution in [0.1, 0.15) is 19.4 Å². The highest BCUT2D eigenvalue weighted by Gasteiger charge is 1.92. The molecular weight excluding hydrogens is 156 g/mol. The van der Waals surface area contributed by atoms with Gasteiger partial charge in [-0.05, 0) is 25.8 Å². The van der Waals surface area contributed by atoms with Gasteiger partial charge in [-0.25, -0.2) is 0 Å². The lowest BCUT2D eigenvalue weighted by molar-refractivity contribution is 1.19. The second kappa shape index (κ2) is 4.66. The van der Waals surface area contributed by atoms with Crippen LogP contribution < -0.4 is 0 Å². The van der Waals surface area contributed by atoms with Crippen molar-refractivity contribution >= 4 is 0 Å². The van der Waals surface area contributed by atoms with Gasteiger partial charge in [0.2, 0.25) is 0 Å². The van der Waals surface area contributed by atoms with Crippen molar-refractivity contribution in [3.8, 4) is 0 Å². The molecule has 0 saturated heterocycles. The van der Waals surface area contributed by atoms with Gasteiger partial charge < -0.3 is 0 Å². The Bertz CT molecular complexity index is 300. The molecule has 0 spiro atoms. The molecule has 0 radical (unpaired) electrons. The molecule has 0 atom stereocenters. The number of hydrogen-bond acceptors (Lipinski definition) is 0. The molecule has 0 heteroatoms. The van der Waals surface area contributed by atoms with Crippen molar-refractivity contribution in [2.75, 3.05) is 0 Å². The predicted molar refractivity (Wildman–Crippen MR) is 58.7 cm³/mol. The molecule has 0 aliphatic heterocycles. The largest absolute Gasteiger partial charge is 0.0955 e. The standard InChI is InChI=1S/C13H16/c1-11(2)9-12(3)10-13-7-5-4-6-8-13/h4-9H,3,10H2,1-2H3. The number of benzene rings is 1. The van der Waals surface area contributed by atoms with Gasteiger partial charge >= 0.3 is 0 Å². The summed E-state index contributed by atoms with van der Waals surface area (Å²) in [4.78, 5) is 0. The van der Waals surface area contributed by atoms with E-state index in [1.807, 2.05) is 6.07 Å². The Balaban J connectivity index is 2.61. The Labute approximate surface area is 80.6 Å². The van der Waals surface area contributed by atoms with Gasteiger partial charge in [0.25, 0.3) is 0 Å². The van der Waals surface area contributed by atoms with E-state index >= 15 is 0 Å². The molecule has 1 aromatic carbocycles. The van der Waals surface area contributed by atoms with Crippen LogP contribution >= 0.6 is 0 Å². The fourth-order valence-corrected chi connectivity index (χ4v) is 1.32. The first kappa shape index (κ1) is 9.79. The predicted octanol–water partition coefficient (Wildman–Crippen LogP) is 3.75. The van der Waals surface area contributed by atoms with Crippen LogP contribution in [0, 0.1) is 0 Å². The lowest BCUT2D eigenvalue weighted by Gasteiger charge is -2.00. The van der Waals surface area contributed by atoms with E-state index in [1.165, 1.54) is 16.7 Å². The molecule has 13 heavy (non-hydrogen) atoms. The Morgan fingerprint density at radius 2 is 1.85 bits per heavy atom. The zero-order valence-corrected chi connectivity index (χ0v) is 8.38. The molecule has 0 unspecified atom stereocenters. The minimum absolute atomic E-state index is 0.950. The maximum atomic E-state index is 4.01. The molecule has 0 bridgehead atoms. The van der Waals surface area contributed by atoms with Crippen LogP contribution in [-0.4, -0.2) is 0 Å². The zero-order valence-electron chi connectivity index (χ0n) is 8.38. The summed E-state index contributed by atoms with van der Waals surface area (Å²) in [5.41, 5.74) is 3.80. The molecule has 0 fully saturated rings. The van der Waals surface area contributed by atoms with Crippen LogP contribution in [0.2, 0.25) is 0 Å². The topological polar surface area (TPSA) is 0 Å². The lowest BCUT2D eigenvalue weighted by atomic mass is 10.1. The number of rotatable bonds is 3. The molecule has 0 N–H and O–H groups in total. The van der Waals surface area contributed by atoms with E-state index in [-0.39, 0.29) is 0 Å². The highest BCUT2D eigenvalue weighted by molar-refractivity contribution is 5.27. The van der Waals surface area contributed by atoms with E-state index < -0.39 is 0 Å². The normalized spacial score (nSPS) is 9.38. The molecule has 1 aromatic rings. The van der Waals surface area contributed by atoms with Gasteiger partial charge in [0.05, 0.1) is 0 Å². The first-order valence-corrected chi connectivity index (χ1v) is 4.55. The highest BCUT2D eigenvalue weighted by Crippen LogP contribution is 2.08. The average Bonchev–Trinajstić information content (AvgIpc) is 2.04. The smallest absolute Gasteiger partial charge is 0.00317 e. The van der Waals surface area contributed by atoms with Gasteiger partial charge in [-0.3, -0.25) is 0 Å². The monoisotopic (exact) mass is 172 g/mol.